The average molecular weight is 461 g/mol. The highest BCUT2D eigenvalue weighted by atomic mass is 19.3. The van der Waals surface area contributed by atoms with Gasteiger partial charge in [-0.05, 0) is 36.2 Å². The van der Waals surface area contributed by atoms with E-state index in [1.807, 2.05) is 0 Å². The van der Waals surface area contributed by atoms with Crippen molar-refractivity contribution in [3.05, 3.63) is 59.2 Å². The molecule has 8 nitrogen and oxygen atoms in total. The van der Waals surface area contributed by atoms with Gasteiger partial charge in [-0.15, -0.1) is 0 Å². The molecule has 1 aliphatic rings. The third kappa shape index (κ3) is 4.89. The third-order valence-corrected chi connectivity index (χ3v) is 5.34. The molecule has 10 heteroatoms. The minimum atomic E-state index is -3.06. The summed E-state index contributed by atoms with van der Waals surface area (Å²) in [4.78, 5) is 41.1. The topological polar surface area (TPSA) is 102 Å². The zero-order valence-corrected chi connectivity index (χ0v) is 18.5. The lowest BCUT2D eigenvalue weighted by atomic mass is 9.98. The van der Waals surface area contributed by atoms with Crippen molar-refractivity contribution in [1.29, 1.82) is 0 Å². The molecule has 0 fully saturated rings. The molecule has 2 unspecified atom stereocenters. The zero-order chi connectivity index (χ0) is 24.3. The number of carbonyl (C=O) groups excluding carboxylic acids is 3. The second-order valence-corrected chi connectivity index (χ2v) is 7.63. The number of benzene rings is 2. The van der Waals surface area contributed by atoms with Crippen molar-refractivity contribution in [1.82, 2.24) is 9.80 Å². The van der Waals surface area contributed by atoms with Crippen LogP contribution in [0, 0.1) is 0 Å². The summed E-state index contributed by atoms with van der Waals surface area (Å²) in [6.07, 6.45) is -0.170. The zero-order valence-electron chi connectivity index (χ0n) is 18.5. The maximum Gasteiger partial charge on any atom is 0.387 e. The van der Waals surface area contributed by atoms with Crippen molar-refractivity contribution >= 4 is 17.7 Å². The van der Waals surface area contributed by atoms with Gasteiger partial charge in [-0.2, -0.15) is 8.78 Å². The van der Waals surface area contributed by atoms with Crippen LogP contribution in [-0.4, -0.2) is 54.8 Å². The van der Waals surface area contributed by atoms with Crippen LogP contribution in [0.1, 0.15) is 46.9 Å². The van der Waals surface area contributed by atoms with E-state index in [4.69, 9.17) is 10.5 Å². The standard InChI is InChI=1S/C23H25F2N3O5/c1-4-32-18-11-13(9-10-17(18)33-23(24)25)16(12-19(29)27(2)3)28-20(21(26)30)14-7-5-6-8-15(14)22(28)31/h5-11,16,20,23H,4,12H2,1-3H3,(H2,26,30). The van der Waals surface area contributed by atoms with Crippen LogP contribution in [0.4, 0.5) is 8.78 Å². The fourth-order valence-corrected chi connectivity index (χ4v) is 3.87. The van der Waals surface area contributed by atoms with Crippen LogP contribution >= 0.6 is 0 Å². The third-order valence-electron chi connectivity index (χ3n) is 5.34. The number of amides is 3. The molecule has 0 radical (unpaired) electrons. The molecule has 1 heterocycles. The molecule has 2 atom stereocenters. The summed E-state index contributed by atoms with van der Waals surface area (Å²) in [5, 5.41) is 0. The van der Waals surface area contributed by atoms with Gasteiger partial charge in [0.25, 0.3) is 5.91 Å². The Kier molecular flexibility index (Phi) is 7.15. The minimum Gasteiger partial charge on any atom is -0.490 e. The van der Waals surface area contributed by atoms with E-state index in [9.17, 15) is 23.2 Å². The first kappa shape index (κ1) is 24.0. The van der Waals surface area contributed by atoms with Crippen molar-refractivity contribution < 1.29 is 32.6 Å². The van der Waals surface area contributed by atoms with E-state index in [0.29, 0.717) is 16.7 Å². The van der Waals surface area contributed by atoms with E-state index < -0.39 is 30.5 Å². The van der Waals surface area contributed by atoms with Crippen LogP contribution in [0.2, 0.25) is 0 Å². The number of rotatable bonds is 9. The van der Waals surface area contributed by atoms with Crippen molar-refractivity contribution in [2.45, 2.75) is 32.0 Å². The molecule has 2 aromatic rings. The fraction of sp³-hybridized carbons (Fsp3) is 0.348. The molecule has 33 heavy (non-hydrogen) atoms. The van der Waals surface area contributed by atoms with Crippen LogP contribution in [0.25, 0.3) is 0 Å². The van der Waals surface area contributed by atoms with E-state index in [1.165, 1.54) is 28.0 Å². The van der Waals surface area contributed by atoms with Crippen LogP contribution in [0.15, 0.2) is 42.5 Å². The maximum absolute atomic E-state index is 13.3. The fourth-order valence-electron chi connectivity index (χ4n) is 3.87. The lowest BCUT2D eigenvalue weighted by Gasteiger charge is -2.33. The molecular weight excluding hydrogens is 436 g/mol. The molecule has 0 saturated carbocycles. The number of nitrogens with two attached hydrogens (primary N) is 1. The molecule has 0 saturated heterocycles. The van der Waals surface area contributed by atoms with Gasteiger partial charge in [-0.3, -0.25) is 14.4 Å². The van der Waals surface area contributed by atoms with Gasteiger partial charge in [0.05, 0.1) is 19.1 Å². The highest BCUT2D eigenvalue weighted by Crippen LogP contribution is 2.43. The molecule has 3 amide bonds. The molecule has 1 aliphatic heterocycles. The van der Waals surface area contributed by atoms with E-state index >= 15 is 0 Å². The molecule has 3 rings (SSSR count). The lowest BCUT2D eigenvalue weighted by Crippen LogP contribution is -2.40. The van der Waals surface area contributed by atoms with Crippen molar-refractivity contribution in [3.8, 4) is 11.5 Å². The summed E-state index contributed by atoms with van der Waals surface area (Å²) < 4.78 is 35.6. The molecule has 176 valence electrons. The van der Waals surface area contributed by atoms with Crippen molar-refractivity contribution in [2.24, 2.45) is 5.73 Å². The minimum absolute atomic E-state index is 0.0254. The number of ether oxygens (including phenoxy) is 2. The van der Waals surface area contributed by atoms with E-state index in [1.54, 1.807) is 45.3 Å². The lowest BCUT2D eigenvalue weighted by molar-refractivity contribution is -0.131. The van der Waals surface area contributed by atoms with Gasteiger partial charge in [0.2, 0.25) is 11.8 Å². The van der Waals surface area contributed by atoms with Crippen molar-refractivity contribution in [3.63, 3.8) is 0 Å². The molecule has 0 bridgehead atoms. The summed E-state index contributed by atoms with van der Waals surface area (Å²) >= 11 is 0. The van der Waals surface area contributed by atoms with Gasteiger partial charge in [-0.1, -0.05) is 24.3 Å². The highest BCUT2D eigenvalue weighted by molar-refractivity contribution is 6.04. The van der Waals surface area contributed by atoms with Crippen molar-refractivity contribution in [2.75, 3.05) is 20.7 Å². The Bertz CT molecular complexity index is 1060. The number of carbonyl (C=O) groups is 3. The summed E-state index contributed by atoms with van der Waals surface area (Å²) in [5.74, 6) is -1.68. The Morgan fingerprint density at radius 2 is 1.85 bits per heavy atom. The number of primary amides is 1. The van der Waals surface area contributed by atoms with Gasteiger partial charge >= 0.3 is 6.61 Å². The Labute approximate surface area is 189 Å². The number of hydrogen-bond donors (Lipinski definition) is 1. The van der Waals surface area contributed by atoms with Gasteiger partial charge in [0.1, 0.15) is 6.04 Å². The van der Waals surface area contributed by atoms with Crippen LogP contribution in [0.5, 0.6) is 11.5 Å². The molecule has 0 aromatic heterocycles. The van der Waals surface area contributed by atoms with Crippen LogP contribution < -0.4 is 15.2 Å². The average Bonchev–Trinajstić information content (AvgIpc) is 3.05. The first-order valence-electron chi connectivity index (χ1n) is 10.3. The van der Waals surface area contributed by atoms with Crippen LogP contribution in [0.3, 0.4) is 0 Å². The largest absolute Gasteiger partial charge is 0.490 e. The van der Waals surface area contributed by atoms with Gasteiger partial charge in [-0.25, -0.2) is 0 Å². The monoisotopic (exact) mass is 461 g/mol. The Hall–Kier alpha value is -3.69. The molecule has 0 aliphatic carbocycles. The Morgan fingerprint density at radius 1 is 1.15 bits per heavy atom. The quantitative estimate of drug-likeness (QED) is 0.619. The smallest absolute Gasteiger partial charge is 0.387 e. The van der Waals surface area contributed by atoms with E-state index in [0.717, 1.165) is 0 Å². The Balaban J connectivity index is 2.13. The summed E-state index contributed by atoms with van der Waals surface area (Å²) in [7, 11) is 3.13. The number of fused-ring (bicyclic) bond motifs is 1. The second kappa shape index (κ2) is 9.85. The highest BCUT2D eigenvalue weighted by Gasteiger charge is 2.44. The normalized spacial score (nSPS) is 15.9. The van der Waals surface area contributed by atoms with Gasteiger partial charge in [0, 0.05) is 19.7 Å². The predicted octanol–water partition coefficient (Wildman–Crippen LogP) is 2.89. The maximum atomic E-state index is 13.3. The Morgan fingerprint density at radius 3 is 2.45 bits per heavy atom. The number of hydrogen-bond acceptors (Lipinski definition) is 5. The first-order chi connectivity index (χ1) is 15.6. The number of halogens is 2. The molecule has 0 spiro atoms. The number of nitrogens with zero attached hydrogens (tertiary/aromatic N) is 2. The van der Waals surface area contributed by atoms with Crippen LogP contribution in [-0.2, 0) is 9.59 Å². The first-order valence-corrected chi connectivity index (χ1v) is 10.3. The van der Waals surface area contributed by atoms with Gasteiger partial charge < -0.3 is 25.0 Å². The molecular formula is C23H25F2N3O5. The number of alkyl halides is 2. The SMILES string of the molecule is CCOc1cc(C(CC(=O)N(C)C)N2C(=O)c3ccccc3C2C(N)=O)ccc1OC(F)F. The molecule has 2 aromatic carbocycles. The second-order valence-electron chi connectivity index (χ2n) is 7.63. The van der Waals surface area contributed by atoms with E-state index in [2.05, 4.69) is 4.74 Å². The summed E-state index contributed by atoms with van der Waals surface area (Å²) in [6.45, 7) is -1.21. The van der Waals surface area contributed by atoms with Gasteiger partial charge in [0.15, 0.2) is 11.5 Å². The van der Waals surface area contributed by atoms with E-state index in [-0.39, 0.29) is 30.4 Å². The molecule has 2 N–H and O–H groups in total. The summed E-state index contributed by atoms with van der Waals surface area (Å²) in [5.41, 5.74) is 6.83. The summed E-state index contributed by atoms with van der Waals surface area (Å²) in [6, 6.07) is 8.75. The predicted molar refractivity (Wildman–Crippen MR) is 115 cm³/mol.